The van der Waals surface area contributed by atoms with Crippen molar-refractivity contribution >= 4 is 11.6 Å². The number of nitrogens with one attached hydrogen (secondary N) is 2. The zero-order valence-corrected chi connectivity index (χ0v) is 9.78. The van der Waals surface area contributed by atoms with Crippen LogP contribution in [0.2, 0.25) is 0 Å². The molecule has 0 amide bonds. The smallest absolute Gasteiger partial charge is 0.182 e. The van der Waals surface area contributed by atoms with E-state index in [4.69, 9.17) is 5.26 Å². The molecule has 0 aliphatic carbocycles. The molecular formula is C10H16N6. The molecule has 0 aromatic carbocycles. The highest BCUT2D eigenvalue weighted by Crippen LogP contribution is 2.09. The van der Waals surface area contributed by atoms with Crippen molar-refractivity contribution < 1.29 is 0 Å². The molecule has 16 heavy (non-hydrogen) atoms. The van der Waals surface area contributed by atoms with Gasteiger partial charge in [0.15, 0.2) is 6.19 Å². The molecule has 6 nitrogen and oxygen atoms in total. The van der Waals surface area contributed by atoms with Crippen molar-refractivity contribution in [3.05, 3.63) is 11.9 Å². The van der Waals surface area contributed by atoms with Gasteiger partial charge in [0.2, 0.25) is 0 Å². The first-order valence-electron chi connectivity index (χ1n) is 5.01. The molecule has 1 aromatic heterocycles. The van der Waals surface area contributed by atoms with E-state index in [2.05, 4.69) is 25.5 Å². The summed E-state index contributed by atoms with van der Waals surface area (Å²) in [6, 6.07) is 1.71. The Morgan fingerprint density at radius 3 is 2.69 bits per heavy atom. The van der Waals surface area contributed by atoms with E-state index in [1.165, 1.54) is 0 Å². The lowest BCUT2D eigenvalue weighted by Gasteiger charge is -2.11. The summed E-state index contributed by atoms with van der Waals surface area (Å²) in [5, 5.41) is 14.2. The lowest BCUT2D eigenvalue weighted by Crippen LogP contribution is -2.21. The molecule has 0 aliphatic rings. The van der Waals surface area contributed by atoms with E-state index in [9.17, 15) is 0 Å². The van der Waals surface area contributed by atoms with Crippen LogP contribution in [-0.4, -0.2) is 42.1 Å². The molecule has 0 aliphatic heterocycles. The number of hydrogen-bond acceptors (Lipinski definition) is 6. The zero-order chi connectivity index (χ0) is 12.0. The summed E-state index contributed by atoms with van der Waals surface area (Å²) in [4.78, 5) is 10.4. The minimum Gasteiger partial charge on any atom is -0.369 e. The maximum atomic E-state index is 8.50. The van der Waals surface area contributed by atoms with Gasteiger partial charge in [0.1, 0.15) is 17.5 Å². The average molecular weight is 220 g/mol. The number of aromatic nitrogens is 2. The highest BCUT2D eigenvalue weighted by atomic mass is 15.1. The molecule has 0 saturated carbocycles. The van der Waals surface area contributed by atoms with Crippen molar-refractivity contribution in [2.24, 2.45) is 0 Å². The van der Waals surface area contributed by atoms with E-state index in [0.29, 0.717) is 11.6 Å². The molecule has 6 heteroatoms. The molecule has 1 rings (SSSR count). The molecule has 0 atom stereocenters. The number of nitriles is 1. The molecule has 2 N–H and O–H groups in total. The van der Waals surface area contributed by atoms with Gasteiger partial charge < -0.3 is 10.2 Å². The summed E-state index contributed by atoms with van der Waals surface area (Å²) in [6.07, 6.45) is 1.84. The van der Waals surface area contributed by atoms with E-state index in [0.717, 1.165) is 18.9 Å². The van der Waals surface area contributed by atoms with E-state index in [1.54, 1.807) is 13.0 Å². The van der Waals surface area contributed by atoms with Gasteiger partial charge in [-0.25, -0.2) is 9.97 Å². The molecule has 0 saturated heterocycles. The van der Waals surface area contributed by atoms with Crippen LogP contribution in [0.1, 0.15) is 5.82 Å². The Morgan fingerprint density at radius 1 is 1.38 bits per heavy atom. The van der Waals surface area contributed by atoms with E-state index in [-0.39, 0.29) is 0 Å². The summed E-state index contributed by atoms with van der Waals surface area (Å²) in [6.45, 7) is 3.51. The van der Waals surface area contributed by atoms with Crippen LogP contribution in [0.3, 0.4) is 0 Å². The molecule has 0 radical (unpaired) electrons. The Hall–Kier alpha value is -1.87. The molecule has 0 bridgehead atoms. The van der Waals surface area contributed by atoms with Gasteiger partial charge in [-0.2, -0.15) is 5.26 Å². The van der Waals surface area contributed by atoms with E-state index < -0.39 is 0 Å². The first kappa shape index (κ1) is 12.2. The molecule has 0 spiro atoms. The van der Waals surface area contributed by atoms with Crippen LogP contribution >= 0.6 is 0 Å². The van der Waals surface area contributed by atoms with Gasteiger partial charge >= 0.3 is 0 Å². The van der Waals surface area contributed by atoms with Crippen LogP contribution in [-0.2, 0) is 0 Å². The van der Waals surface area contributed by atoms with Crippen molar-refractivity contribution in [1.29, 1.82) is 5.26 Å². The molecule has 0 fully saturated rings. The second-order valence-electron chi connectivity index (χ2n) is 3.65. The summed E-state index contributed by atoms with van der Waals surface area (Å²) >= 11 is 0. The fraction of sp³-hybridized carbons (Fsp3) is 0.500. The van der Waals surface area contributed by atoms with Gasteiger partial charge in [0, 0.05) is 19.2 Å². The largest absolute Gasteiger partial charge is 0.369 e. The fourth-order valence-corrected chi connectivity index (χ4v) is 1.19. The molecule has 0 unspecified atom stereocenters. The highest BCUT2D eigenvalue weighted by molar-refractivity contribution is 5.49. The zero-order valence-electron chi connectivity index (χ0n) is 9.78. The third kappa shape index (κ3) is 4.11. The Bertz CT molecular complexity index is 381. The maximum Gasteiger partial charge on any atom is 0.182 e. The van der Waals surface area contributed by atoms with Gasteiger partial charge in [0.05, 0.1) is 0 Å². The summed E-state index contributed by atoms with van der Waals surface area (Å²) in [5.74, 6) is 1.88. The number of nitrogens with zero attached hydrogens (tertiary/aromatic N) is 4. The van der Waals surface area contributed by atoms with Gasteiger partial charge in [-0.1, -0.05) is 0 Å². The Kier molecular flexibility index (Phi) is 4.48. The van der Waals surface area contributed by atoms with E-state index >= 15 is 0 Å². The number of rotatable bonds is 5. The van der Waals surface area contributed by atoms with Crippen LogP contribution < -0.4 is 10.6 Å². The van der Waals surface area contributed by atoms with Crippen LogP contribution in [0.15, 0.2) is 6.07 Å². The van der Waals surface area contributed by atoms with E-state index in [1.807, 2.05) is 20.3 Å². The monoisotopic (exact) mass is 220 g/mol. The third-order valence-electron chi connectivity index (χ3n) is 1.89. The predicted octanol–water partition coefficient (Wildman–Crippen LogP) is 0.651. The quantitative estimate of drug-likeness (QED) is 0.560. The molecule has 86 valence electrons. The molecule has 1 heterocycles. The normalized spacial score (nSPS) is 9.94. The maximum absolute atomic E-state index is 8.50. The summed E-state index contributed by atoms with van der Waals surface area (Å²) in [5.41, 5.74) is 0. The SMILES string of the molecule is Cc1nc(NC#N)cc(NCCN(C)C)n1. The second kappa shape index (κ2) is 5.88. The highest BCUT2D eigenvalue weighted by Gasteiger charge is 2.00. The number of aryl methyl sites for hydroxylation is 1. The summed E-state index contributed by atoms with van der Waals surface area (Å²) in [7, 11) is 4.02. The second-order valence-corrected chi connectivity index (χ2v) is 3.65. The predicted molar refractivity (Wildman–Crippen MR) is 63.0 cm³/mol. The lowest BCUT2D eigenvalue weighted by molar-refractivity contribution is 0.425. The topological polar surface area (TPSA) is 76.9 Å². The number of hydrogen-bond donors (Lipinski definition) is 2. The standard InChI is InChI=1S/C10H16N6/c1-8-14-9(12-4-5-16(2)3)6-10(15-8)13-7-11/h6H,4-5H2,1-3H3,(H2,12,13,14,15). The van der Waals surface area contributed by atoms with Gasteiger partial charge in [0.25, 0.3) is 0 Å². The third-order valence-corrected chi connectivity index (χ3v) is 1.89. The van der Waals surface area contributed by atoms with Crippen LogP contribution in [0.25, 0.3) is 0 Å². The number of likely N-dealkylation sites (N-methyl/N-ethyl adjacent to an activating group) is 1. The van der Waals surface area contributed by atoms with Gasteiger partial charge in [-0.15, -0.1) is 0 Å². The Labute approximate surface area is 95.3 Å². The minimum absolute atomic E-state index is 0.516. The van der Waals surface area contributed by atoms with Crippen LogP contribution in [0, 0.1) is 18.4 Å². The first-order chi connectivity index (χ1) is 7.61. The Balaban J connectivity index is 2.62. The lowest BCUT2D eigenvalue weighted by atomic mass is 10.4. The Morgan fingerprint density at radius 2 is 2.06 bits per heavy atom. The van der Waals surface area contributed by atoms with Gasteiger partial charge in [-0.05, 0) is 21.0 Å². The average Bonchev–Trinajstić information content (AvgIpc) is 2.16. The van der Waals surface area contributed by atoms with Gasteiger partial charge in [-0.3, -0.25) is 5.32 Å². The molecule has 1 aromatic rings. The van der Waals surface area contributed by atoms with Crippen molar-refractivity contribution in [3.8, 4) is 6.19 Å². The van der Waals surface area contributed by atoms with Crippen LogP contribution in [0.5, 0.6) is 0 Å². The van der Waals surface area contributed by atoms with Crippen molar-refractivity contribution in [2.45, 2.75) is 6.92 Å². The van der Waals surface area contributed by atoms with Crippen molar-refractivity contribution in [2.75, 3.05) is 37.8 Å². The first-order valence-corrected chi connectivity index (χ1v) is 5.01. The fourth-order valence-electron chi connectivity index (χ4n) is 1.19. The van der Waals surface area contributed by atoms with Crippen LogP contribution in [0.4, 0.5) is 11.6 Å². The number of anilines is 2. The molecular weight excluding hydrogens is 204 g/mol. The summed E-state index contributed by atoms with van der Waals surface area (Å²) < 4.78 is 0. The van der Waals surface area contributed by atoms with Crippen molar-refractivity contribution in [3.63, 3.8) is 0 Å². The van der Waals surface area contributed by atoms with Crippen molar-refractivity contribution in [1.82, 2.24) is 14.9 Å². The minimum atomic E-state index is 0.516.